The van der Waals surface area contributed by atoms with Crippen molar-refractivity contribution in [3.63, 3.8) is 0 Å². The van der Waals surface area contributed by atoms with Gasteiger partial charge in [-0.3, -0.25) is 0 Å². The summed E-state index contributed by atoms with van der Waals surface area (Å²) in [5.74, 6) is 0.0776. The number of primary sulfonamides is 1. The van der Waals surface area contributed by atoms with Crippen molar-refractivity contribution >= 4 is 10.0 Å². The van der Waals surface area contributed by atoms with Crippen LogP contribution in [0.1, 0.15) is 43.0 Å². The molecule has 0 aromatic carbocycles. The van der Waals surface area contributed by atoms with Crippen molar-refractivity contribution in [1.29, 1.82) is 0 Å². The van der Waals surface area contributed by atoms with E-state index in [1.165, 1.54) is 12.7 Å². The molecule has 1 aliphatic carbocycles. The van der Waals surface area contributed by atoms with Gasteiger partial charge in [-0.25, -0.2) is 13.6 Å². The number of nitrogens with zero attached hydrogens (tertiary/aromatic N) is 1. The van der Waals surface area contributed by atoms with Gasteiger partial charge in [0.15, 0.2) is 0 Å². The van der Waals surface area contributed by atoms with E-state index in [0.717, 1.165) is 25.7 Å². The first-order chi connectivity index (χ1) is 7.59. The molecule has 1 unspecified atom stereocenters. The number of rotatable bonds is 3. The van der Waals surface area contributed by atoms with Crippen LogP contribution < -0.4 is 5.14 Å². The summed E-state index contributed by atoms with van der Waals surface area (Å²) in [5.41, 5.74) is 0.439. The Hall–Kier alpha value is -0.880. The molecule has 16 heavy (non-hydrogen) atoms. The molecule has 0 saturated heterocycles. The summed E-state index contributed by atoms with van der Waals surface area (Å²) in [5, 5.41) is 8.31. The third-order valence-electron chi connectivity index (χ3n) is 3.18. The molecule has 0 radical (unpaired) electrons. The monoisotopic (exact) mass is 244 g/mol. The van der Waals surface area contributed by atoms with Gasteiger partial charge >= 0.3 is 0 Å². The van der Waals surface area contributed by atoms with E-state index < -0.39 is 15.3 Å². The Morgan fingerprint density at radius 2 is 2.06 bits per heavy atom. The minimum absolute atomic E-state index is 0.0776. The standard InChI is InChI=1S/C10H16N2O3S/c11-16(13,14)10(9-6-7-15-12-9)8-4-2-1-3-5-8/h6-8,10H,1-5H2,(H2,11,13,14). The highest BCUT2D eigenvalue weighted by atomic mass is 32.2. The number of sulfonamides is 1. The quantitative estimate of drug-likeness (QED) is 0.874. The fourth-order valence-corrected chi connectivity index (χ4v) is 3.75. The molecule has 2 rings (SSSR count). The molecular formula is C10H16N2O3S. The van der Waals surface area contributed by atoms with Gasteiger partial charge in [-0.05, 0) is 18.8 Å². The Morgan fingerprint density at radius 1 is 1.38 bits per heavy atom. The molecule has 1 aromatic rings. The topological polar surface area (TPSA) is 86.2 Å². The molecule has 5 nitrogen and oxygen atoms in total. The molecule has 0 spiro atoms. The lowest BCUT2D eigenvalue weighted by Crippen LogP contribution is -2.29. The van der Waals surface area contributed by atoms with Gasteiger partial charge < -0.3 is 4.52 Å². The van der Waals surface area contributed by atoms with Crippen LogP contribution in [0.25, 0.3) is 0 Å². The number of hydrogen-bond donors (Lipinski definition) is 1. The molecule has 1 fully saturated rings. The van der Waals surface area contributed by atoms with Gasteiger partial charge in [0.05, 0.1) is 0 Å². The SMILES string of the molecule is NS(=O)(=O)C(c1ccon1)C1CCCCC1. The van der Waals surface area contributed by atoms with Crippen LogP contribution in [0.4, 0.5) is 0 Å². The van der Waals surface area contributed by atoms with Crippen LogP contribution in [0.3, 0.4) is 0 Å². The predicted molar refractivity (Wildman–Crippen MR) is 58.9 cm³/mol. The zero-order valence-electron chi connectivity index (χ0n) is 9.00. The van der Waals surface area contributed by atoms with Crippen LogP contribution >= 0.6 is 0 Å². The highest BCUT2D eigenvalue weighted by molar-refractivity contribution is 7.89. The molecule has 0 bridgehead atoms. The highest BCUT2D eigenvalue weighted by Crippen LogP contribution is 2.37. The Bertz CT molecular complexity index is 421. The lowest BCUT2D eigenvalue weighted by molar-refractivity contribution is 0.330. The number of nitrogens with two attached hydrogens (primary N) is 1. The van der Waals surface area contributed by atoms with E-state index >= 15 is 0 Å². The number of hydrogen-bond acceptors (Lipinski definition) is 4. The molecule has 2 N–H and O–H groups in total. The first-order valence-corrected chi connectivity index (χ1v) is 7.12. The number of aromatic nitrogens is 1. The fraction of sp³-hybridized carbons (Fsp3) is 0.700. The van der Waals surface area contributed by atoms with Crippen molar-refractivity contribution in [2.45, 2.75) is 37.4 Å². The predicted octanol–water partition coefficient (Wildman–Crippen LogP) is 1.58. The highest BCUT2D eigenvalue weighted by Gasteiger charge is 2.35. The van der Waals surface area contributed by atoms with E-state index in [2.05, 4.69) is 5.16 Å². The molecule has 0 aliphatic heterocycles. The Morgan fingerprint density at radius 3 is 2.56 bits per heavy atom. The van der Waals surface area contributed by atoms with E-state index in [-0.39, 0.29) is 5.92 Å². The first kappa shape index (κ1) is 11.6. The summed E-state index contributed by atoms with van der Waals surface area (Å²) in [6, 6.07) is 1.59. The van der Waals surface area contributed by atoms with Crippen molar-refractivity contribution in [2.24, 2.45) is 11.1 Å². The van der Waals surface area contributed by atoms with Gasteiger partial charge in [0.1, 0.15) is 17.2 Å². The van der Waals surface area contributed by atoms with E-state index in [1.807, 2.05) is 0 Å². The van der Waals surface area contributed by atoms with Crippen LogP contribution in [0.5, 0.6) is 0 Å². The third-order valence-corrected chi connectivity index (χ3v) is 4.52. The molecule has 1 atom stereocenters. The van der Waals surface area contributed by atoms with Crippen molar-refractivity contribution in [3.8, 4) is 0 Å². The Labute approximate surface area is 95.0 Å². The van der Waals surface area contributed by atoms with Crippen molar-refractivity contribution in [3.05, 3.63) is 18.0 Å². The van der Waals surface area contributed by atoms with Gasteiger partial charge in [0.2, 0.25) is 10.0 Å². The summed E-state index contributed by atoms with van der Waals surface area (Å²) in [4.78, 5) is 0. The van der Waals surface area contributed by atoms with Crippen molar-refractivity contribution in [2.75, 3.05) is 0 Å². The summed E-state index contributed by atoms with van der Waals surface area (Å²) >= 11 is 0. The largest absolute Gasteiger partial charge is 0.364 e. The van der Waals surface area contributed by atoms with Crippen molar-refractivity contribution in [1.82, 2.24) is 5.16 Å². The van der Waals surface area contributed by atoms with Gasteiger partial charge in [0, 0.05) is 6.07 Å². The second-order valence-electron chi connectivity index (χ2n) is 4.33. The first-order valence-electron chi connectivity index (χ1n) is 5.51. The van der Waals surface area contributed by atoms with Crippen LogP contribution in [0.15, 0.2) is 16.9 Å². The lowest BCUT2D eigenvalue weighted by Gasteiger charge is -2.27. The van der Waals surface area contributed by atoms with Crippen LogP contribution in [-0.4, -0.2) is 13.6 Å². The maximum Gasteiger partial charge on any atom is 0.218 e. The molecule has 1 saturated carbocycles. The molecule has 0 amide bonds. The zero-order valence-corrected chi connectivity index (χ0v) is 9.82. The lowest BCUT2D eigenvalue weighted by atomic mass is 9.86. The minimum Gasteiger partial charge on any atom is -0.364 e. The second kappa shape index (κ2) is 4.55. The average molecular weight is 244 g/mol. The molecule has 6 heteroatoms. The van der Waals surface area contributed by atoms with E-state index in [4.69, 9.17) is 9.66 Å². The van der Waals surface area contributed by atoms with E-state index in [0.29, 0.717) is 5.69 Å². The summed E-state index contributed by atoms with van der Waals surface area (Å²) < 4.78 is 28.0. The summed E-state index contributed by atoms with van der Waals surface area (Å²) in [6.45, 7) is 0. The molecule has 1 aromatic heterocycles. The maximum atomic E-state index is 11.6. The molecule has 90 valence electrons. The zero-order chi connectivity index (χ0) is 11.6. The van der Waals surface area contributed by atoms with Gasteiger partial charge in [0.25, 0.3) is 0 Å². The smallest absolute Gasteiger partial charge is 0.218 e. The summed E-state index contributed by atoms with van der Waals surface area (Å²) in [6.07, 6.45) is 6.48. The van der Waals surface area contributed by atoms with Crippen LogP contribution in [0, 0.1) is 5.92 Å². The normalized spacial score (nSPS) is 20.8. The molecule has 1 heterocycles. The van der Waals surface area contributed by atoms with Crippen molar-refractivity contribution < 1.29 is 12.9 Å². The third kappa shape index (κ3) is 2.44. The minimum atomic E-state index is -3.61. The van der Waals surface area contributed by atoms with Crippen LogP contribution in [0.2, 0.25) is 0 Å². The van der Waals surface area contributed by atoms with Crippen LogP contribution in [-0.2, 0) is 10.0 Å². The van der Waals surface area contributed by atoms with E-state index in [1.54, 1.807) is 6.07 Å². The average Bonchev–Trinajstić information content (AvgIpc) is 2.71. The Kier molecular flexibility index (Phi) is 3.30. The van der Waals surface area contributed by atoms with Gasteiger partial charge in [-0.2, -0.15) is 0 Å². The van der Waals surface area contributed by atoms with Gasteiger partial charge in [-0.1, -0.05) is 24.4 Å². The second-order valence-corrected chi connectivity index (χ2v) is 6.02. The Balaban J connectivity index is 2.28. The fourth-order valence-electron chi connectivity index (χ4n) is 2.48. The maximum absolute atomic E-state index is 11.6. The van der Waals surface area contributed by atoms with E-state index in [9.17, 15) is 8.42 Å². The molecule has 1 aliphatic rings. The van der Waals surface area contributed by atoms with Gasteiger partial charge in [-0.15, -0.1) is 0 Å². The molecular weight excluding hydrogens is 228 g/mol. The summed E-state index contributed by atoms with van der Waals surface area (Å²) in [7, 11) is -3.61.